The van der Waals surface area contributed by atoms with Gasteiger partial charge in [-0.1, -0.05) is 31.2 Å². The number of ether oxygens (including phenoxy) is 1. The van der Waals surface area contributed by atoms with E-state index in [1.165, 1.54) is 31.4 Å². The number of aromatic nitrogens is 5. The molecule has 0 aliphatic heterocycles. The van der Waals surface area contributed by atoms with E-state index >= 15 is 0 Å². The number of hydrogen-bond donors (Lipinski definition) is 2. The van der Waals surface area contributed by atoms with E-state index in [1.54, 1.807) is 25.5 Å². The summed E-state index contributed by atoms with van der Waals surface area (Å²) in [5.74, 6) is 0.996. The number of rotatable bonds is 7. The molecule has 1 saturated carbocycles. The van der Waals surface area contributed by atoms with Gasteiger partial charge < -0.3 is 9.72 Å². The first-order valence-electron chi connectivity index (χ1n) is 13.2. The zero-order valence-corrected chi connectivity index (χ0v) is 21.7. The van der Waals surface area contributed by atoms with Gasteiger partial charge in [0, 0.05) is 24.2 Å². The summed E-state index contributed by atoms with van der Waals surface area (Å²) < 4.78 is 20.2. The zero-order valence-electron chi connectivity index (χ0n) is 21.7. The van der Waals surface area contributed by atoms with E-state index in [4.69, 9.17) is 9.72 Å². The number of hydrogen-bond acceptors (Lipinski definition) is 5. The molecule has 5 aromatic rings. The number of nitrogens with one attached hydrogen (secondary N) is 2. The molecule has 1 aliphatic rings. The topological polar surface area (TPSA) is 91.8 Å². The van der Waals surface area contributed by atoms with Gasteiger partial charge in [-0.3, -0.25) is 15.1 Å². The van der Waals surface area contributed by atoms with Crippen molar-refractivity contribution in [3.63, 3.8) is 0 Å². The first kappa shape index (κ1) is 24.7. The van der Waals surface area contributed by atoms with Crippen LogP contribution >= 0.6 is 0 Å². The molecule has 2 N–H and O–H groups in total. The molecule has 1 fully saturated rings. The number of H-pyrrole nitrogens is 2. The largest absolute Gasteiger partial charge is 0.489 e. The average Bonchev–Trinajstić information content (AvgIpc) is 3.57. The van der Waals surface area contributed by atoms with E-state index < -0.39 is 0 Å². The van der Waals surface area contributed by atoms with Crippen LogP contribution in [-0.4, -0.2) is 44.5 Å². The van der Waals surface area contributed by atoms with Gasteiger partial charge in [0.1, 0.15) is 22.8 Å². The second kappa shape index (κ2) is 10.6. The van der Waals surface area contributed by atoms with Crippen molar-refractivity contribution in [1.82, 2.24) is 25.1 Å². The van der Waals surface area contributed by atoms with Crippen LogP contribution in [0.4, 0.5) is 4.39 Å². The molecule has 6 rings (SSSR count). The van der Waals surface area contributed by atoms with Crippen molar-refractivity contribution in [2.45, 2.75) is 38.2 Å². The Hall–Kier alpha value is -4.59. The fraction of sp³-hybridized carbons (Fsp3) is 0.226. The number of allylic oxidation sites excluding steroid dienone is 3. The fourth-order valence-corrected chi connectivity index (χ4v) is 5.15. The van der Waals surface area contributed by atoms with Crippen molar-refractivity contribution in [2.24, 2.45) is 4.99 Å². The van der Waals surface area contributed by atoms with Gasteiger partial charge in [-0.2, -0.15) is 5.10 Å². The van der Waals surface area contributed by atoms with Crippen molar-refractivity contribution < 1.29 is 9.13 Å². The van der Waals surface area contributed by atoms with E-state index in [2.05, 4.69) is 31.7 Å². The minimum absolute atomic E-state index is 0.221. The molecular weight excluding hydrogens is 491 g/mol. The third-order valence-electron chi connectivity index (χ3n) is 7.08. The van der Waals surface area contributed by atoms with Gasteiger partial charge in [0.15, 0.2) is 5.82 Å². The first-order chi connectivity index (χ1) is 19.1. The van der Waals surface area contributed by atoms with Crippen LogP contribution in [0.1, 0.15) is 37.7 Å². The van der Waals surface area contributed by atoms with Crippen molar-refractivity contribution in [1.29, 1.82) is 0 Å². The summed E-state index contributed by atoms with van der Waals surface area (Å²) >= 11 is 0. The van der Waals surface area contributed by atoms with Crippen LogP contribution in [0.2, 0.25) is 0 Å². The Morgan fingerprint density at radius 2 is 1.95 bits per heavy atom. The first-order valence-corrected chi connectivity index (χ1v) is 13.2. The van der Waals surface area contributed by atoms with Gasteiger partial charge in [-0.25, -0.2) is 9.37 Å². The van der Waals surface area contributed by atoms with E-state index in [1.807, 2.05) is 36.4 Å². The molecule has 3 heterocycles. The molecule has 0 bridgehead atoms. The highest BCUT2D eigenvalue weighted by molar-refractivity contribution is 5.97. The third kappa shape index (κ3) is 5.10. The highest BCUT2D eigenvalue weighted by Crippen LogP contribution is 2.32. The highest BCUT2D eigenvalue weighted by Gasteiger charge is 2.18. The minimum Gasteiger partial charge on any atom is -0.489 e. The van der Waals surface area contributed by atoms with Crippen molar-refractivity contribution >= 4 is 33.7 Å². The number of halogens is 1. The molecular formula is C31H29FN6O. The van der Waals surface area contributed by atoms with Crippen molar-refractivity contribution in [2.75, 3.05) is 7.05 Å². The molecule has 196 valence electrons. The molecule has 1 aliphatic carbocycles. The number of benzene rings is 2. The van der Waals surface area contributed by atoms with Crippen LogP contribution in [0.3, 0.4) is 0 Å². The predicted molar refractivity (Wildman–Crippen MR) is 154 cm³/mol. The molecule has 2 aromatic carbocycles. The molecule has 39 heavy (non-hydrogen) atoms. The van der Waals surface area contributed by atoms with Gasteiger partial charge in [0.2, 0.25) is 0 Å². The van der Waals surface area contributed by atoms with Gasteiger partial charge in [-0.05, 0) is 73.2 Å². The number of aliphatic imine (C=N–C) groups is 1. The molecule has 0 saturated heterocycles. The Morgan fingerprint density at radius 1 is 1.08 bits per heavy atom. The Morgan fingerprint density at radius 3 is 2.77 bits per heavy atom. The molecule has 0 radical (unpaired) electrons. The van der Waals surface area contributed by atoms with Crippen LogP contribution < -0.4 is 0 Å². The number of imidazole rings is 1. The van der Waals surface area contributed by atoms with Crippen LogP contribution in [0.15, 0.2) is 78.1 Å². The standard InChI is InChI=1S/C31H29FN6O/c1-19(15-24(18-33-2)39-23-9-4-3-5-10-23)20-11-12-26-25(17-20)29(38-37-26)31-35-27-13-14-34-28(30(27)36-31)21-7-6-8-22(32)16-21/h6-8,11-18,23H,1,3-5,9-10H2,2H3,(H,35,36)(H,37,38)/b24-15+,33-18?. The van der Waals surface area contributed by atoms with E-state index in [0.717, 1.165) is 46.2 Å². The summed E-state index contributed by atoms with van der Waals surface area (Å²) in [6, 6.07) is 14.3. The fourth-order valence-electron chi connectivity index (χ4n) is 5.15. The Balaban J connectivity index is 1.35. The smallest absolute Gasteiger partial charge is 0.159 e. The summed E-state index contributed by atoms with van der Waals surface area (Å²) in [6.07, 6.45) is 11.4. The normalized spacial score (nSPS) is 15.0. The lowest BCUT2D eigenvalue weighted by atomic mass is 9.97. The maximum absolute atomic E-state index is 13.9. The number of aromatic amines is 2. The quantitative estimate of drug-likeness (QED) is 0.134. The summed E-state index contributed by atoms with van der Waals surface area (Å²) in [5.41, 5.74) is 6.04. The van der Waals surface area contributed by atoms with Gasteiger partial charge in [0.05, 0.1) is 29.0 Å². The van der Waals surface area contributed by atoms with Crippen LogP contribution in [-0.2, 0) is 4.74 Å². The van der Waals surface area contributed by atoms with E-state index in [0.29, 0.717) is 28.3 Å². The lowest BCUT2D eigenvalue weighted by molar-refractivity contribution is 0.0953. The summed E-state index contributed by atoms with van der Waals surface area (Å²) in [7, 11) is 1.74. The molecule has 0 spiro atoms. The molecule has 7 nitrogen and oxygen atoms in total. The minimum atomic E-state index is -0.320. The molecule has 0 unspecified atom stereocenters. The second-order valence-electron chi connectivity index (χ2n) is 9.82. The SMILES string of the molecule is C=C(/C=C(\C=NC)OC1CCCCC1)c1ccc2[nH]nc(-c3nc4c(-c5cccc(F)c5)nccc4[nH]3)c2c1. The number of pyridine rings is 1. The van der Waals surface area contributed by atoms with Crippen LogP contribution in [0, 0.1) is 5.82 Å². The maximum Gasteiger partial charge on any atom is 0.159 e. The lowest BCUT2D eigenvalue weighted by Crippen LogP contribution is -2.16. The summed E-state index contributed by atoms with van der Waals surface area (Å²) in [4.78, 5) is 16.9. The lowest BCUT2D eigenvalue weighted by Gasteiger charge is -2.23. The highest BCUT2D eigenvalue weighted by atomic mass is 19.1. The molecule has 8 heteroatoms. The third-order valence-corrected chi connectivity index (χ3v) is 7.08. The monoisotopic (exact) mass is 520 g/mol. The summed E-state index contributed by atoms with van der Waals surface area (Å²) in [5, 5.41) is 8.56. The van der Waals surface area contributed by atoms with Crippen molar-refractivity contribution in [3.8, 4) is 22.8 Å². The predicted octanol–water partition coefficient (Wildman–Crippen LogP) is 7.25. The molecule has 0 amide bonds. The maximum atomic E-state index is 13.9. The van der Waals surface area contributed by atoms with Crippen molar-refractivity contribution in [3.05, 3.63) is 84.5 Å². The molecule has 3 aromatic heterocycles. The zero-order chi connectivity index (χ0) is 26.8. The Labute approximate surface area is 225 Å². The van der Waals surface area contributed by atoms with Gasteiger partial charge >= 0.3 is 0 Å². The second-order valence-corrected chi connectivity index (χ2v) is 9.82. The Kier molecular flexibility index (Phi) is 6.75. The van der Waals surface area contributed by atoms with Gasteiger partial charge in [-0.15, -0.1) is 0 Å². The molecule has 0 atom stereocenters. The van der Waals surface area contributed by atoms with E-state index in [9.17, 15) is 4.39 Å². The van der Waals surface area contributed by atoms with Crippen LogP contribution in [0.25, 0.3) is 50.3 Å². The van der Waals surface area contributed by atoms with Gasteiger partial charge in [0.25, 0.3) is 0 Å². The average molecular weight is 521 g/mol. The number of nitrogens with zero attached hydrogens (tertiary/aromatic N) is 4. The number of fused-ring (bicyclic) bond motifs is 2. The summed E-state index contributed by atoms with van der Waals surface area (Å²) in [6.45, 7) is 4.31. The Bertz CT molecular complexity index is 1720. The van der Waals surface area contributed by atoms with Crippen LogP contribution in [0.5, 0.6) is 0 Å². The van der Waals surface area contributed by atoms with E-state index in [-0.39, 0.29) is 11.9 Å².